The highest BCUT2D eigenvalue weighted by Gasteiger charge is 2.46. The smallest absolute Gasteiger partial charge is 0.411 e. The number of nitro benzene ring substituents is 1. The molecule has 2 aliphatic heterocycles. The summed E-state index contributed by atoms with van der Waals surface area (Å²) in [5.41, 5.74) is -0.921. The van der Waals surface area contributed by atoms with Gasteiger partial charge in [0.2, 0.25) is 5.91 Å². The molecule has 0 N–H and O–H groups in total. The molecule has 1 aromatic rings. The summed E-state index contributed by atoms with van der Waals surface area (Å²) in [6.45, 7) is 5.74. The number of nitrogens with zero attached hydrogens (tertiary/aromatic N) is 4. The van der Waals surface area contributed by atoms with E-state index in [1.807, 2.05) is 0 Å². The van der Waals surface area contributed by atoms with Crippen LogP contribution in [0.1, 0.15) is 46.5 Å². The lowest BCUT2D eigenvalue weighted by atomic mass is 10.1. The highest BCUT2D eigenvalue weighted by Crippen LogP contribution is 2.33. The first kappa shape index (κ1) is 24.6. The Balaban J connectivity index is 1.78. The number of rotatable bonds is 5. The van der Waals surface area contributed by atoms with Gasteiger partial charge in [-0.2, -0.15) is 5.26 Å². The first-order valence-corrected chi connectivity index (χ1v) is 11.2. The molecule has 2 heterocycles. The quantitative estimate of drug-likeness (QED) is 0.463. The fraction of sp³-hybridized carbons (Fsp3) is 0.591. The van der Waals surface area contributed by atoms with Crippen molar-refractivity contribution in [1.82, 2.24) is 9.80 Å². The van der Waals surface area contributed by atoms with Crippen LogP contribution in [0.3, 0.4) is 0 Å². The van der Waals surface area contributed by atoms with E-state index in [1.54, 1.807) is 25.7 Å². The van der Waals surface area contributed by atoms with Crippen molar-refractivity contribution in [2.24, 2.45) is 0 Å². The van der Waals surface area contributed by atoms with E-state index < -0.39 is 34.7 Å². The molecule has 2 fully saturated rings. The minimum absolute atomic E-state index is 0.0300. The fourth-order valence-electron chi connectivity index (χ4n) is 4.14. The van der Waals surface area contributed by atoms with Crippen molar-refractivity contribution in [2.45, 2.75) is 70.2 Å². The number of non-ortho nitro benzene ring substituents is 1. The van der Waals surface area contributed by atoms with E-state index in [-0.39, 0.29) is 29.0 Å². The average Bonchev–Trinajstić information content (AvgIpc) is 3.37. The van der Waals surface area contributed by atoms with Crippen LogP contribution in [0.15, 0.2) is 18.2 Å². The van der Waals surface area contributed by atoms with Crippen LogP contribution in [0.5, 0.6) is 5.75 Å². The van der Waals surface area contributed by atoms with Gasteiger partial charge < -0.3 is 14.4 Å². The molecule has 0 aromatic heterocycles. The molecule has 1 aromatic carbocycles. The van der Waals surface area contributed by atoms with Crippen LogP contribution in [0.4, 0.5) is 10.5 Å². The number of carbonyl (C=O) groups is 2. The second-order valence-electron chi connectivity index (χ2n) is 9.14. The Hall–Kier alpha value is -3.06. The second kappa shape index (κ2) is 9.83. The third-order valence-corrected chi connectivity index (χ3v) is 5.93. The lowest BCUT2D eigenvalue weighted by Gasteiger charge is -2.34. The van der Waals surface area contributed by atoms with Crippen molar-refractivity contribution >= 4 is 29.3 Å². The summed E-state index contributed by atoms with van der Waals surface area (Å²) in [5.74, 6) is -0.0222. The monoisotopic (exact) mass is 478 g/mol. The molecular weight excluding hydrogens is 452 g/mol. The molecule has 33 heavy (non-hydrogen) atoms. The standard InChI is InChI=1S/C22H27ClN4O6/c1-22(2,3)33-21(29)26-16(13-32-19-9-7-14(27(30)31)11-17(19)23)6-8-18(26)20(28)25-10-4-5-15(25)12-24/h7,9,11,15-16,18H,4-6,8,10,13H2,1-3H3/t15-,16-,18+/m0/s1. The molecule has 11 heteroatoms. The van der Waals surface area contributed by atoms with E-state index in [9.17, 15) is 25.0 Å². The average molecular weight is 479 g/mol. The number of ether oxygens (including phenoxy) is 2. The van der Waals surface area contributed by atoms with Crippen molar-refractivity contribution in [3.63, 3.8) is 0 Å². The molecule has 3 atom stereocenters. The Morgan fingerprint density at radius 3 is 2.64 bits per heavy atom. The van der Waals surface area contributed by atoms with E-state index in [4.69, 9.17) is 21.1 Å². The Morgan fingerprint density at radius 2 is 2.03 bits per heavy atom. The summed E-state index contributed by atoms with van der Waals surface area (Å²) in [6, 6.07) is 4.32. The molecule has 0 aliphatic carbocycles. The molecule has 3 rings (SSSR count). The minimum atomic E-state index is -0.761. The Labute approximate surface area is 197 Å². The van der Waals surface area contributed by atoms with Crippen molar-refractivity contribution in [3.05, 3.63) is 33.3 Å². The molecule has 178 valence electrons. The highest BCUT2D eigenvalue weighted by atomic mass is 35.5. The van der Waals surface area contributed by atoms with E-state index >= 15 is 0 Å². The number of amides is 2. The molecule has 2 saturated heterocycles. The Kier molecular flexibility index (Phi) is 7.32. The van der Waals surface area contributed by atoms with Crippen LogP contribution in [0, 0.1) is 21.4 Å². The lowest BCUT2D eigenvalue weighted by Crippen LogP contribution is -2.53. The fourth-order valence-corrected chi connectivity index (χ4v) is 4.37. The number of nitriles is 1. The van der Waals surface area contributed by atoms with Crippen LogP contribution in [-0.4, -0.2) is 63.6 Å². The maximum atomic E-state index is 13.3. The number of halogens is 1. The minimum Gasteiger partial charge on any atom is -0.490 e. The first-order chi connectivity index (χ1) is 15.5. The summed E-state index contributed by atoms with van der Waals surface area (Å²) in [5, 5.41) is 20.4. The van der Waals surface area contributed by atoms with Gasteiger partial charge in [0, 0.05) is 18.7 Å². The van der Waals surface area contributed by atoms with Gasteiger partial charge in [-0.1, -0.05) is 11.6 Å². The van der Waals surface area contributed by atoms with Gasteiger partial charge >= 0.3 is 6.09 Å². The van der Waals surface area contributed by atoms with Crippen LogP contribution >= 0.6 is 11.6 Å². The Morgan fingerprint density at radius 1 is 1.30 bits per heavy atom. The summed E-state index contributed by atoms with van der Waals surface area (Å²) in [6.07, 6.45) is 1.63. The first-order valence-electron chi connectivity index (χ1n) is 10.8. The van der Waals surface area contributed by atoms with Crippen LogP contribution < -0.4 is 4.74 Å². The SMILES string of the molecule is CC(C)(C)OC(=O)N1[C@H](COc2ccc([N+](=O)[O-])cc2Cl)CC[C@@H]1C(=O)N1CCC[C@H]1C#N. The molecule has 0 saturated carbocycles. The summed E-state index contributed by atoms with van der Waals surface area (Å²) in [7, 11) is 0. The van der Waals surface area contributed by atoms with Gasteiger partial charge in [0.1, 0.15) is 30.0 Å². The predicted octanol–water partition coefficient (Wildman–Crippen LogP) is 3.91. The number of hydrogen-bond acceptors (Lipinski definition) is 7. The van der Waals surface area contributed by atoms with E-state index in [0.717, 1.165) is 6.42 Å². The Bertz CT molecular complexity index is 973. The zero-order valence-corrected chi connectivity index (χ0v) is 19.6. The summed E-state index contributed by atoms with van der Waals surface area (Å²) < 4.78 is 11.3. The largest absolute Gasteiger partial charge is 0.490 e. The van der Waals surface area contributed by atoms with Gasteiger partial charge in [-0.05, 0) is 52.5 Å². The van der Waals surface area contributed by atoms with Crippen molar-refractivity contribution in [3.8, 4) is 11.8 Å². The molecule has 2 aliphatic rings. The maximum Gasteiger partial charge on any atom is 0.411 e. The zero-order valence-electron chi connectivity index (χ0n) is 18.8. The zero-order chi connectivity index (χ0) is 24.3. The van der Waals surface area contributed by atoms with Crippen molar-refractivity contribution in [1.29, 1.82) is 5.26 Å². The maximum absolute atomic E-state index is 13.3. The lowest BCUT2D eigenvalue weighted by molar-refractivity contribution is -0.384. The number of carbonyl (C=O) groups excluding carboxylic acids is 2. The molecule has 0 radical (unpaired) electrons. The summed E-state index contributed by atoms with van der Waals surface area (Å²) in [4.78, 5) is 39.6. The highest BCUT2D eigenvalue weighted by molar-refractivity contribution is 6.32. The third-order valence-electron chi connectivity index (χ3n) is 5.63. The predicted molar refractivity (Wildman–Crippen MR) is 119 cm³/mol. The third kappa shape index (κ3) is 5.66. The number of hydrogen-bond donors (Lipinski definition) is 0. The van der Waals surface area contributed by atoms with E-state index in [1.165, 1.54) is 23.1 Å². The van der Waals surface area contributed by atoms with Crippen LogP contribution in [0.25, 0.3) is 0 Å². The molecule has 0 spiro atoms. The number of benzene rings is 1. The van der Waals surface area contributed by atoms with Gasteiger partial charge in [0.05, 0.1) is 22.1 Å². The normalized spacial score (nSPS) is 22.7. The van der Waals surface area contributed by atoms with Crippen molar-refractivity contribution in [2.75, 3.05) is 13.2 Å². The number of likely N-dealkylation sites (tertiary alicyclic amines) is 2. The van der Waals surface area contributed by atoms with Gasteiger partial charge in [0.15, 0.2) is 0 Å². The molecule has 0 unspecified atom stereocenters. The molecule has 2 amide bonds. The molecular formula is C22H27ClN4O6. The van der Waals surface area contributed by atoms with Gasteiger partial charge in [-0.25, -0.2) is 4.79 Å². The van der Waals surface area contributed by atoms with Crippen LogP contribution in [-0.2, 0) is 9.53 Å². The number of nitro groups is 1. The second-order valence-corrected chi connectivity index (χ2v) is 9.54. The molecule has 10 nitrogen and oxygen atoms in total. The topological polar surface area (TPSA) is 126 Å². The van der Waals surface area contributed by atoms with Gasteiger partial charge in [-0.15, -0.1) is 0 Å². The van der Waals surface area contributed by atoms with E-state index in [2.05, 4.69) is 6.07 Å². The van der Waals surface area contributed by atoms with Crippen LogP contribution in [0.2, 0.25) is 5.02 Å². The molecule has 0 bridgehead atoms. The summed E-state index contributed by atoms with van der Waals surface area (Å²) >= 11 is 6.12. The van der Waals surface area contributed by atoms with Crippen molar-refractivity contribution < 1.29 is 24.0 Å². The van der Waals surface area contributed by atoms with Gasteiger partial charge in [-0.3, -0.25) is 19.8 Å². The van der Waals surface area contributed by atoms with E-state index in [0.29, 0.717) is 25.8 Å². The van der Waals surface area contributed by atoms with Gasteiger partial charge in [0.25, 0.3) is 5.69 Å².